The number of piperidine rings is 1. The van der Waals surface area contributed by atoms with Crippen LogP contribution in [0.1, 0.15) is 56.1 Å². The summed E-state index contributed by atoms with van der Waals surface area (Å²) in [5.41, 5.74) is 2.94. The van der Waals surface area contributed by atoms with E-state index in [0.29, 0.717) is 49.5 Å². The molecular weight excluding hydrogens is 740 g/mol. The second-order valence-corrected chi connectivity index (χ2v) is 16.7. The first-order chi connectivity index (χ1) is 25.9. The molecule has 3 aromatic rings. The molecule has 0 radical (unpaired) electrons. The minimum Gasteiger partial charge on any atom is -0.490 e. The van der Waals surface area contributed by atoms with Crippen molar-refractivity contribution >= 4 is 27.7 Å². The summed E-state index contributed by atoms with van der Waals surface area (Å²) in [6.45, 7) is -0.138. The van der Waals surface area contributed by atoms with Gasteiger partial charge in [0.2, 0.25) is 10.0 Å². The molecule has 1 saturated heterocycles. The summed E-state index contributed by atoms with van der Waals surface area (Å²) >= 11 is 6.60. The van der Waals surface area contributed by atoms with Gasteiger partial charge in [0.05, 0.1) is 35.9 Å². The Labute approximate surface area is 320 Å². The van der Waals surface area contributed by atoms with Crippen LogP contribution in [-0.4, -0.2) is 113 Å². The molecule has 14 nitrogen and oxygen atoms in total. The Morgan fingerprint density at radius 3 is 2.39 bits per heavy atom. The number of para-hydroxylation sites is 1. The molecule has 2 amide bonds. The Bertz CT molecular complexity index is 1850. The van der Waals surface area contributed by atoms with E-state index in [4.69, 9.17) is 26.2 Å². The number of nitrogens with zero attached hydrogens (tertiary/aromatic N) is 2. The first-order valence-electron chi connectivity index (χ1n) is 18.4. The van der Waals surface area contributed by atoms with Crippen LogP contribution in [0.2, 0.25) is 5.02 Å². The van der Waals surface area contributed by atoms with Crippen molar-refractivity contribution in [2.75, 3.05) is 32.8 Å². The third-order valence-corrected chi connectivity index (χ3v) is 12.6. The van der Waals surface area contributed by atoms with Crippen molar-refractivity contribution in [3.05, 3.63) is 77.1 Å². The van der Waals surface area contributed by atoms with Crippen molar-refractivity contribution < 1.29 is 48.2 Å². The van der Waals surface area contributed by atoms with Gasteiger partial charge in [0.1, 0.15) is 24.1 Å². The Morgan fingerprint density at radius 1 is 0.963 bits per heavy atom. The van der Waals surface area contributed by atoms with Gasteiger partial charge in [-0.3, -0.25) is 4.98 Å². The Kier molecular flexibility index (Phi) is 13.1. The van der Waals surface area contributed by atoms with Crippen molar-refractivity contribution in [1.29, 1.82) is 0 Å². The molecule has 2 aromatic carbocycles. The zero-order valence-electron chi connectivity index (χ0n) is 29.9. The van der Waals surface area contributed by atoms with Crippen molar-refractivity contribution in [2.45, 2.75) is 92.6 Å². The Balaban J connectivity index is 0.999. The van der Waals surface area contributed by atoms with Crippen molar-refractivity contribution in [1.82, 2.24) is 19.9 Å². The quantitative estimate of drug-likeness (QED) is 0.0997. The van der Waals surface area contributed by atoms with Gasteiger partial charge in [-0.15, -0.1) is 0 Å². The number of nitrogens with one attached hydrogen (secondary N) is 2. The number of amides is 2. The molecule has 54 heavy (non-hydrogen) atoms. The van der Waals surface area contributed by atoms with Crippen LogP contribution >= 0.6 is 11.6 Å². The topological polar surface area (TPSA) is 211 Å². The van der Waals surface area contributed by atoms with E-state index < -0.39 is 59.2 Å². The number of pyridine rings is 1. The molecule has 2 saturated carbocycles. The van der Waals surface area contributed by atoms with E-state index in [1.165, 1.54) is 10.4 Å². The lowest BCUT2D eigenvalue weighted by Gasteiger charge is -2.31. The van der Waals surface area contributed by atoms with Gasteiger partial charge in [-0.25, -0.2) is 13.2 Å². The average Bonchev–Trinajstić information content (AvgIpc) is 4.14. The Morgan fingerprint density at radius 2 is 1.69 bits per heavy atom. The highest BCUT2D eigenvalue weighted by atomic mass is 35.5. The zero-order chi connectivity index (χ0) is 38.5. The van der Waals surface area contributed by atoms with Gasteiger partial charge in [-0.2, -0.15) is 4.31 Å². The molecule has 3 aliphatic rings. The fourth-order valence-corrected chi connectivity index (χ4v) is 8.41. The third-order valence-electron chi connectivity index (χ3n) is 10.4. The van der Waals surface area contributed by atoms with Crippen LogP contribution in [0.15, 0.2) is 65.8 Å². The number of halogens is 1. The maximum Gasteiger partial charge on any atom is 0.314 e. The summed E-state index contributed by atoms with van der Waals surface area (Å²) < 4.78 is 41.8. The summed E-state index contributed by atoms with van der Waals surface area (Å²) in [4.78, 5) is 16.7. The fraction of sp³-hybridized carbons (Fsp3) is 0.526. The smallest absolute Gasteiger partial charge is 0.314 e. The summed E-state index contributed by atoms with van der Waals surface area (Å²) in [7, 11) is -3.81. The predicted octanol–water partition coefficient (Wildman–Crippen LogP) is 2.67. The standard InChI is InChI=1S/C38H49ClN4O10S/c39-31-8-7-27(54(50,51)43-17-11-24(12-18-43)9-16-41-37(49)42-21-32(45)35(47)36(48)33(46)22-44)19-25(31)23-52-38(13-14-38)30-20-40-15-10-28(30)29-3-1-2-4-34(29)53-26-5-6-26/h1-4,7-8,10,15,19-20,24,26,32-33,35-36,44-48H,5-6,9,11-14,16-18,21-23H2,(H2,41,42,49). The molecule has 1 aromatic heterocycles. The molecule has 16 heteroatoms. The first-order valence-corrected chi connectivity index (χ1v) is 20.2. The molecule has 4 unspecified atom stereocenters. The number of aliphatic hydroxyl groups is 5. The van der Waals surface area contributed by atoms with Crippen LogP contribution in [-0.2, 0) is 27.0 Å². The van der Waals surface area contributed by atoms with Gasteiger partial charge in [0.15, 0.2) is 0 Å². The maximum atomic E-state index is 13.8. The molecule has 0 spiro atoms. The molecule has 294 valence electrons. The normalized spacial score (nSPS) is 19.7. The lowest BCUT2D eigenvalue weighted by atomic mass is 9.95. The summed E-state index contributed by atoms with van der Waals surface area (Å²) in [6.07, 6.45) is 2.59. The van der Waals surface area contributed by atoms with E-state index in [0.717, 1.165) is 48.1 Å². The SMILES string of the molecule is O=C(NCCC1CCN(S(=O)(=O)c2ccc(Cl)c(COC3(c4cnccc4-c4ccccc4OC4CC4)CC3)c2)CC1)NCC(O)C(O)C(O)C(O)CO. The van der Waals surface area contributed by atoms with E-state index in [1.54, 1.807) is 18.3 Å². The number of aromatic nitrogens is 1. The van der Waals surface area contributed by atoms with E-state index in [1.807, 2.05) is 36.5 Å². The molecule has 2 aliphatic carbocycles. The van der Waals surface area contributed by atoms with Gasteiger partial charge in [-0.1, -0.05) is 29.8 Å². The van der Waals surface area contributed by atoms with Gasteiger partial charge in [0.25, 0.3) is 0 Å². The second kappa shape index (κ2) is 17.6. The highest BCUT2D eigenvalue weighted by Crippen LogP contribution is 2.53. The first kappa shape index (κ1) is 40.3. The minimum atomic E-state index is -3.81. The van der Waals surface area contributed by atoms with Gasteiger partial charge in [0, 0.05) is 54.7 Å². The molecule has 1 aliphatic heterocycles. The van der Waals surface area contributed by atoms with Gasteiger partial charge in [-0.05, 0) is 92.3 Å². The van der Waals surface area contributed by atoms with Crippen LogP contribution in [0.4, 0.5) is 4.79 Å². The molecular formula is C38H49ClN4O10S. The number of rotatable bonds is 18. The van der Waals surface area contributed by atoms with Crippen molar-refractivity contribution in [2.24, 2.45) is 5.92 Å². The van der Waals surface area contributed by atoms with E-state index in [2.05, 4.69) is 15.6 Å². The van der Waals surface area contributed by atoms with E-state index >= 15 is 0 Å². The van der Waals surface area contributed by atoms with E-state index in [-0.39, 0.29) is 23.5 Å². The van der Waals surface area contributed by atoms with Gasteiger partial charge >= 0.3 is 6.03 Å². The fourth-order valence-electron chi connectivity index (χ4n) is 6.71. The zero-order valence-corrected chi connectivity index (χ0v) is 31.5. The molecule has 2 heterocycles. The number of sulfonamides is 1. The summed E-state index contributed by atoms with van der Waals surface area (Å²) in [5.74, 6) is 1.01. The van der Waals surface area contributed by atoms with Crippen LogP contribution in [0, 0.1) is 5.92 Å². The third kappa shape index (κ3) is 9.70. The molecule has 3 fully saturated rings. The van der Waals surface area contributed by atoms with Crippen LogP contribution < -0.4 is 15.4 Å². The van der Waals surface area contributed by atoms with Crippen LogP contribution in [0.5, 0.6) is 5.75 Å². The summed E-state index contributed by atoms with van der Waals surface area (Å²) in [5, 5.41) is 53.3. The largest absolute Gasteiger partial charge is 0.490 e. The molecule has 7 N–H and O–H groups in total. The average molecular weight is 789 g/mol. The molecule has 4 atom stereocenters. The van der Waals surface area contributed by atoms with Crippen LogP contribution in [0.25, 0.3) is 11.1 Å². The summed E-state index contributed by atoms with van der Waals surface area (Å²) in [6, 6.07) is 14.1. The number of hydrogen-bond donors (Lipinski definition) is 7. The van der Waals surface area contributed by atoms with Crippen LogP contribution in [0.3, 0.4) is 0 Å². The highest BCUT2D eigenvalue weighted by Gasteiger charge is 2.48. The predicted molar refractivity (Wildman–Crippen MR) is 199 cm³/mol. The Hall–Kier alpha value is -3.38. The van der Waals surface area contributed by atoms with Gasteiger partial charge < -0.3 is 45.6 Å². The monoisotopic (exact) mass is 788 g/mol. The lowest BCUT2D eigenvalue weighted by molar-refractivity contribution is -0.113. The van der Waals surface area contributed by atoms with E-state index in [9.17, 15) is 33.6 Å². The maximum absolute atomic E-state index is 13.8. The molecule has 0 bridgehead atoms. The number of ether oxygens (including phenoxy) is 2. The molecule has 6 rings (SSSR count). The minimum absolute atomic E-state index is 0.119. The second-order valence-electron chi connectivity index (χ2n) is 14.3. The number of carbonyl (C=O) groups is 1. The number of aliphatic hydroxyl groups excluding tert-OH is 5. The highest BCUT2D eigenvalue weighted by molar-refractivity contribution is 7.89. The number of carbonyl (C=O) groups excluding carboxylic acids is 1. The van der Waals surface area contributed by atoms with Crippen molar-refractivity contribution in [3.8, 4) is 16.9 Å². The number of benzene rings is 2. The number of hydrogen-bond acceptors (Lipinski definition) is 11. The van der Waals surface area contributed by atoms with Crippen molar-refractivity contribution in [3.63, 3.8) is 0 Å². The lowest BCUT2D eigenvalue weighted by Crippen LogP contribution is -2.50. The number of urea groups is 1.